The highest BCUT2D eigenvalue weighted by Gasteiger charge is 2.51. The number of aryl methyl sites for hydroxylation is 1. The van der Waals surface area contributed by atoms with Gasteiger partial charge in [0.15, 0.2) is 11.5 Å². The van der Waals surface area contributed by atoms with Gasteiger partial charge in [-0.3, -0.25) is 9.69 Å². The molecule has 1 saturated carbocycles. The standard InChI is InChI=1S/C31H35N3O6S/c1-22-3-7-25(33-30(35)31(11-12-31)24-6-10-28-29(19-24)40-21-39-28)20-27(22)23-4-8-26(9-5-23)41(36,37)32-13-2-14-34-15-17-38-18-16-34/h3-10,19-20,32H,2,11-18,21H2,1H3,(H,33,35). The number of sulfonamides is 1. The van der Waals surface area contributed by atoms with E-state index in [1.165, 1.54) is 0 Å². The van der Waals surface area contributed by atoms with Crippen LogP contribution < -0.4 is 19.5 Å². The molecule has 1 amide bonds. The Morgan fingerprint density at radius 2 is 1.71 bits per heavy atom. The zero-order valence-electron chi connectivity index (χ0n) is 23.1. The Hall–Kier alpha value is -3.44. The molecule has 0 bridgehead atoms. The molecule has 2 fully saturated rings. The van der Waals surface area contributed by atoms with Crippen molar-refractivity contribution in [1.82, 2.24) is 9.62 Å². The molecule has 3 aromatic carbocycles. The molecule has 0 spiro atoms. The lowest BCUT2D eigenvalue weighted by Gasteiger charge is -2.26. The van der Waals surface area contributed by atoms with Crippen molar-refractivity contribution in [3.63, 3.8) is 0 Å². The third kappa shape index (κ3) is 5.97. The summed E-state index contributed by atoms with van der Waals surface area (Å²) in [6.45, 7) is 6.66. The quantitative estimate of drug-likeness (QED) is 0.350. The van der Waals surface area contributed by atoms with Gasteiger partial charge < -0.3 is 19.5 Å². The Labute approximate surface area is 240 Å². The number of fused-ring (bicyclic) bond motifs is 1. The van der Waals surface area contributed by atoms with Crippen molar-refractivity contribution in [2.24, 2.45) is 0 Å². The molecular weight excluding hydrogens is 542 g/mol. The number of carbonyl (C=O) groups excluding carboxylic acids is 1. The number of nitrogens with zero attached hydrogens (tertiary/aromatic N) is 1. The molecule has 1 aliphatic carbocycles. The summed E-state index contributed by atoms with van der Waals surface area (Å²) in [7, 11) is -3.60. The van der Waals surface area contributed by atoms with Crippen LogP contribution in [0.1, 0.15) is 30.4 Å². The van der Waals surface area contributed by atoms with Gasteiger partial charge in [0.1, 0.15) is 0 Å². The molecule has 3 aliphatic rings. The van der Waals surface area contributed by atoms with Crippen molar-refractivity contribution in [2.75, 3.05) is 51.5 Å². The van der Waals surface area contributed by atoms with Crippen LogP contribution in [0.15, 0.2) is 65.6 Å². The Bertz CT molecular complexity index is 1530. The zero-order chi connectivity index (χ0) is 28.5. The second-order valence-corrected chi connectivity index (χ2v) is 12.6. The van der Waals surface area contributed by atoms with Gasteiger partial charge >= 0.3 is 0 Å². The molecule has 9 nitrogen and oxygen atoms in total. The minimum Gasteiger partial charge on any atom is -0.454 e. The number of amides is 1. The molecule has 2 aliphatic heterocycles. The molecule has 0 atom stereocenters. The minimum atomic E-state index is -3.60. The SMILES string of the molecule is Cc1ccc(NC(=O)C2(c3ccc4c(c3)OCO4)CC2)cc1-c1ccc(S(=O)(=O)NCCCN2CCOCC2)cc1. The fourth-order valence-electron chi connectivity index (χ4n) is 5.46. The van der Waals surface area contributed by atoms with Gasteiger partial charge in [0.2, 0.25) is 22.7 Å². The van der Waals surface area contributed by atoms with Crippen molar-refractivity contribution in [1.29, 1.82) is 0 Å². The highest BCUT2D eigenvalue weighted by molar-refractivity contribution is 7.89. The van der Waals surface area contributed by atoms with Gasteiger partial charge in [-0.1, -0.05) is 24.3 Å². The number of anilines is 1. The predicted octanol–water partition coefficient (Wildman–Crippen LogP) is 4.06. The molecule has 216 valence electrons. The van der Waals surface area contributed by atoms with E-state index in [1.807, 2.05) is 55.5 Å². The van der Waals surface area contributed by atoms with Crippen LogP contribution in [0.4, 0.5) is 5.69 Å². The zero-order valence-corrected chi connectivity index (χ0v) is 24.0. The topological polar surface area (TPSA) is 106 Å². The number of rotatable bonds is 10. The third-order valence-corrected chi connectivity index (χ3v) is 9.60. The summed E-state index contributed by atoms with van der Waals surface area (Å²) in [6, 6.07) is 18.4. The number of ether oxygens (including phenoxy) is 3. The predicted molar refractivity (Wildman–Crippen MR) is 156 cm³/mol. The van der Waals surface area contributed by atoms with Crippen LogP contribution in [0, 0.1) is 6.92 Å². The molecule has 2 heterocycles. The second-order valence-electron chi connectivity index (χ2n) is 10.9. The van der Waals surface area contributed by atoms with Crippen LogP contribution in [0.5, 0.6) is 11.5 Å². The van der Waals surface area contributed by atoms with Gasteiger partial charge in [0.05, 0.1) is 23.5 Å². The highest BCUT2D eigenvalue weighted by atomic mass is 32.2. The molecule has 0 unspecified atom stereocenters. The van der Waals surface area contributed by atoms with E-state index in [1.54, 1.807) is 12.1 Å². The minimum absolute atomic E-state index is 0.0488. The summed E-state index contributed by atoms with van der Waals surface area (Å²) in [5.74, 6) is 1.33. The van der Waals surface area contributed by atoms with Gasteiger partial charge in [-0.2, -0.15) is 0 Å². The van der Waals surface area contributed by atoms with Crippen molar-refractivity contribution < 1.29 is 27.4 Å². The molecule has 1 saturated heterocycles. The molecule has 0 aromatic heterocycles. The molecule has 6 rings (SSSR count). The molecule has 41 heavy (non-hydrogen) atoms. The molecule has 2 N–H and O–H groups in total. The number of hydrogen-bond donors (Lipinski definition) is 2. The van der Waals surface area contributed by atoms with Crippen molar-refractivity contribution in [3.8, 4) is 22.6 Å². The van der Waals surface area contributed by atoms with Crippen LogP contribution in [0.25, 0.3) is 11.1 Å². The average Bonchev–Trinajstić information content (AvgIpc) is 3.67. The Morgan fingerprint density at radius 1 is 0.951 bits per heavy atom. The Morgan fingerprint density at radius 3 is 2.46 bits per heavy atom. The first-order valence-electron chi connectivity index (χ1n) is 14.1. The summed E-state index contributed by atoms with van der Waals surface area (Å²) in [5, 5.41) is 3.11. The summed E-state index contributed by atoms with van der Waals surface area (Å²) < 4.78 is 44.7. The van der Waals surface area contributed by atoms with E-state index in [2.05, 4.69) is 14.9 Å². The fraction of sp³-hybridized carbons (Fsp3) is 0.387. The van der Waals surface area contributed by atoms with E-state index in [0.29, 0.717) is 23.7 Å². The van der Waals surface area contributed by atoms with E-state index < -0.39 is 15.4 Å². The summed E-state index contributed by atoms with van der Waals surface area (Å²) in [6.07, 6.45) is 2.29. The molecule has 0 radical (unpaired) electrons. The van der Waals surface area contributed by atoms with E-state index in [-0.39, 0.29) is 17.6 Å². The van der Waals surface area contributed by atoms with E-state index in [0.717, 1.165) is 74.4 Å². The van der Waals surface area contributed by atoms with E-state index in [9.17, 15) is 13.2 Å². The van der Waals surface area contributed by atoms with Crippen LogP contribution in [-0.4, -0.2) is 65.4 Å². The van der Waals surface area contributed by atoms with Crippen molar-refractivity contribution >= 4 is 21.6 Å². The van der Waals surface area contributed by atoms with Crippen LogP contribution in [0.3, 0.4) is 0 Å². The van der Waals surface area contributed by atoms with Gasteiger partial charge in [-0.05, 0) is 91.4 Å². The average molecular weight is 578 g/mol. The first-order chi connectivity index (χ1) is 19.8. The summed E-state index contributed by atoms with van der Waals surface area (Å²) in [4.78, 5) is 15.9. The second kappa shape index (κ2) is 11.4. The lowest BCUT2D eigenvalue weighted by Crippen LogP contribution is -2.38. The van der Waals surface area contributed by atoms with Gasteiger partial charge in [0.25, 0.3) is 0 Å². The Balaban J connectivity index is 1.10. The number of carbonyl (C=O) groups is 1. The maximum atomic E-state index is 13.4. The van der Waals surface area contributed by atoms with Crippen LogP contribution in [0.2, 0.25) is 0 Å². The number of hydrogen-bond acceptors (Lipinski definition) is 7. The number of nitrogens with one attached hydrogen (secondary N) is 2. The van der Waals surface area contributed by atoms with E-state index >= 15 is 0 Å². The smallest absolute Gasteiger partial charge is 0.240 e. The fourth-order valence-corrected chi connectivity index (χ4v) is 6.53. The maximum absolute atomic E-state index is 13.4. The van der Waals surface area contributed by atoms with Gasteiger partial charge in [-0.25, -0.2) is 13.1 Å². The summed E-state index contributed by atoms with van der Waals surface area (Å²) in [5.41, 5.74) is 3.88. The molecular formula is C31H35N3O6S. The van der Waals surface area contributed by atoms with Crippen LogP contribution in [-0.2, 0) is 25.0 Å². The van der Waals surface area contributed by atoms with E-state index in [4.69, 9.17) is 14.2 Å². The third-order valence-electron chi connectivity index (χ3n) is 8.13. The van der Waals surface area contributed by atoms with Gasteiger partial charge in [0, 0.05) is 25.3 Å². The highest BCUT2D eigenvalue weighted by Crippen LogP contribution is 2.51. The lowest BCUT2D eigenvalue weighted by molar-refractivity contribution is -0.118. The molecule has 10 heteroatoms. The van der Waals surface area contributed by atoms with Gasteiger partial charge in [-0.15, -0.1) is 0 Å². The Kier molecular flexibility index (Phi) is 7.74. The lowest BCUT2D eigenvalue weighted by atomic mass is 9.94. The van der Waals surface area contributed by atoms with Crippen molar-refractivity contribution in [3.05, 3.63) is 71.8 Å². The largest absolute Gasteiger partial charge is 0.454 e. The first kappa shape index (κ1) is 27.7. The number of benzene rings is 3. The summed E-state index contributed by atoms with van der Waals surface area (Å²) >= 11 is 0. The number of morpholine rings is 1. The normalized spacial score (nSPS) is 17.8. The van der Waals surface area contributed by atoms with Crippen molar-refractivity contribution in [2.45, 2.75) is 36.5 Å². The molecule has 3 aromatic rings. The first-order valence-corrected chi connectivity index (χ1v) is 15.5. The maximum Gasteiger partial charge on any atom is 0.240 e. The monoisotopic (exact) mass is 577 g/mol. The van der Waals surface area contributed by atoms with Crippen LogP contribution >= 0.6 is 0 Å².